The Labute approximate surface area is 138 Å². The number of benzene rings is 2. The van der Waals surface area contributed by atoms with Gasteiger partial charge in [0.25, 0.3) is 5.91 Å². The molecule has 0 unspecified atom stereocenters. The number of H-pyrrole nitrogens is 1. The highest BCUT2D eigenvalue weighted by molar-refractivity contribution is 5.97. The van der Waals surface area contributed by atoms with Crippen molar-refractivity contribution in [2.75, 3.05) is 13.7 Å². The van der Waals surface area contributed by atoms with Gasteiger partial charge in [0, 0.05) is 12.1 Å². The van der Waals surface area contributed by atoms with Crippen molar-refractivity contribution < 1.29 is 14.3 Å². The Kier molecular flexibility index (Phi) is 4.56. The Morgan fingerprint density at radius 1 is 1.12 bits per heavy atom. The highest BCUT2D eigenvalue weighted by Gasteiger charge is 2.08. The number of imidazole rings is 1. The Hall–Kier alpha value is -3.15. The van der Waals surface area contributed by atoms with Gasteiger partial charge in [-0.05, 0) is 42.3 Å². The number of fused-ring (bicyclic) bond motifs is 1. The average molecular weight is 323 g/mol. The maximum absolute atomic E-state index is 12.2. The number of carbonyl (C=O) groups is 2. The molecule has 1 heterocycles. The van der Waals surface area contributed by atoms with Crippen molar-refractivity contribution in [3.63, 3.8) is 0 Å². The summed E-state index contributed by atoms with van der Waals surface area (Å²) in [4.78, 5) is 30.7. The summed E-state index contributed by atoms with van der Waals surface area (Å²) in [7, 11) is 1.35. The SMILES string of the molecule is COC(=O)c1ccc(CCNC(=O)c2ccc3nc[nH]c3c2)cc1. The van der Waals surface area contributed by atoms with Crippen LogP contribution in [0.4, 0.5) is 0 Å². The zero-order valence-electron chi connectivity index (χ0n) is 13.2. The number of rotatable bonds is 5. The van der Waals surface area contributed by atoms with E-state index in [1.54, 1.807) is 30.6 Å². The number of methoxy groups -OCH3 is 1. The smallest absolute Gasteiger partial charge is 0.337 e. The van der Waals surface area contributed by atoms with E-state index in [9.17, 15) is 9.59 Å². The molecule has 0 atom stereocenters. The van der Waals surface area contributed by atoms with E-state index >= 15 is 0 Å². The van der Waals surface area contributed by atoms with Gasteiger partial charge in [0.1, 0.15) is 0 Å². The van der Waals surface area contributed by atoms with Gasteiger partial charge in [0.15, 0.2) is 0 Å². The van der Waals surface area contributed by atoms with Gasteiger partial charge < -0.3 is 15.0 Å². The number of hydrogen-bond donors (Lipinski definition) is 2. The van der Waals surface area contributed by atoms with Crippen LogP contribution in [-0.4, -0.2) is 35.5 Å². The van der Waals surface area contributed by atoms with E-state index in [4.69, 9.17) is 0 Å². The van der Waals surface area contributed by atoms with E-state index in [0.717, 1.165) is 16.6 Å². The van der Waals surface area contributed by atoms with Crippen molar-refractivity contribution in [3.05, 3.63) is 65.5 Å². The Morgan fingerprint density at radius 2 is 1.88 bits per heavy atom. The molecule has 0 fully saturated rings. The fourth-order valence-electron chi connectivity index (χ4n) is 2.42. The minimum Gasteiger partial charge on any atom is -0.465 e. The van der Waals surface area contributed by atoms with Gasteiger partial charge in [-0.15, -0.1) is 0 Å². The molecule has 1 aromatic heterocycles. The van der Waals surface area contributed by atoms with Crippen molar-refractivity contribution in [2.24, 2.45) is 0 Å². The third-order valence-electron chi connectivity index (χ3n) is 3.76. The van der Waals surface area contributed by atoms with Crippen LogP contribution in [0.2, 0.25) is 0 Å². The van der Waals surface area contributed by atoms with Crippen LogP contribution in [0, 0.1) is 0 Å². The number of esters is 1. The van der Waals surface area contributed by atoms with Crippen molar-refractivity contribution in [3.8, 4) is 0 Å². The number of nitrogens with zero attached hydrogens (tertiary/aromatic N) is 1. The molecule has 6 heteroatoms. The second kappa shape index (κ2) is 6.95. The lowest BCUT2D eigenvalue weighted by Gasteiger charge is -2.06. The first-order valence-electron chi connectivity index (χ1n) is 7.56. The summed E-state index contributed by atoms with van der Waals surface area (Å²) in [5.41, 5.74) is 3.80. The van der Waals surface area contributed by atoms with Crippen LogP contribution in [0.15, 0.2) is 48.8 Å². The summed E-state index contributed by atoms with van der Waals surface area (Å²) >= 11 is 0. The second-order valence-electron chi connectivity index (χ2n) is 5.33. The predicted octanol–water partition coefficient (Wildman–Crippen LogP) is 2.32. The number of aromatic nitrogens is 2. The van der Waals surface area contributed by atoms with Gasteiger partial charge in [0.05, 0.1) is 30.0 Å². The molecule has 122 valence electrons. The zero-order valence-corrected chi connectivity index (χ0v) is 13.2. The fraction of sp³-hybridized carbons (Fsp3) is 0.167. The summed E-state index contributed by atoms with van der Waals surface area (Å²) in [5, 5.41) is 2.89. The molecular weight excluding hydrogens is 306 g/mol. The fourth-order valence-corrected chi connectivity index (χ4v) is 2.42. The third-order valence-corrected chi connectivity index (χ3v) is 3.76. The summed E-state index contributed by atoms with van der Waals surface area (Å²) in [5.74, 6) is -0.485. The molecule has 3 aromatic rings. The topological polar surface area (TPSA) is 84.1 Å². The van der Waals surface area contributed by atoms with Crippen LogP contribution in [-0.2, 0) is 11.2 Å². The molecule has 3 rings (SSSR count). The van der Waals surface area contributed by atoms with E-state index < -0.39 is 0 Å². The first-order valence-corrected chi connectivity index (χ1v) is 7.56. The molecular formula is C18H17N3O3. The number of aromatic amines is 1. The molecule has 24 heavy (non-hydrogen) atoms. The number of ether oxygens (including phenoxy) is 1. The molecule has 1 amide bonds. The lowest BCUT2D eigenvalue weighted by atomic mass is 10.1. The molecule has 6 nitrogen and oxygen atoms in total. The quantitative estimate of drug-likeness (QED) is 0.706. The van der Waals surface area contributed by atoms with E-state index in [0.29, 0.717) is 24.1 Å². The predicted molar refractivity (Wildman–Crippen MR) is 89.9 cm³/mol. The maximum atomic E-state index is 12.2. The number of amides is 1. The molecule has 2 N–H and O–H groups in total. The summed E-state index contributed by atoms with van der Waals surface area (Å²) in [6.45, 7) is 0.511. The molecule has 0 aliphatic carbocycles. The van der Waals surface area contributed by atoms with Gasteiger partial charge >= 0.3 is 5.97 Å². The molecule has 0 saturated carbocycles. The van der Waals surface area contributed by atoms with Crippen LogP contribution in [0.25, 0.3) is 11.0 Å². The second-order valence-corrected chi connectivity index (χ2v) is 5.33. The van der Waals surface area contributed by atoms with Gasteiger partial charge in [0.2, 0.25) is 0 Å². The molecule has 0 saturated heterocycles. The highest BCUT2D eigenvalue weighted by Crippen LogP contribution is 2.11. The number of hydrogen-bond acceptors (Lipinski definition) is 4. The van der Waals surface area contributed by atoms with Crippen molar-refractivity contribution in [1.82, 2.24) is 15.3 Å². The lowest BCUT2D eigenvalue weighted by molar-refractivity contribution is 0.0600. The van der Waals surface area contributed by atoms with Crippen molar-refractivity contribution in [1.29, 1.82) is 0 Å². The van der Waals surface area contributed by atoms with Crippen molar-refractivity contribution in [2.45, 2.75) is 6.42 Å². The Bertz CT molecular complexity index is 869. The minimum absolute atomic E-state index is 0.127. The van der Waals surface area contributed by atoms with Crippen LogP contribution >= 0.6 is 0 Å². The Balaban J connectivity index is 1.55. The van der Waals surface area contributed by atoms with Gasteiger partial charge in [-0.3, -0.25) is 4.79 Å². The van der Waals surface area contributed by atoms with E-state index in [1.165, 1.54) is 7.11 Å². The normalized spacial score (nSPS) is 10.5. The molecule has 0 spiro atoms. The van der Waals surface area contributed by atoms with E-state index in [1.807, 2.05) is 18.2 Å². The standard InChI is InChI=1S/C18H17N3O3/c1-24-18(23)13-4-2-12(3-5-13)8-9-19-17(22)14-6-7-15-16(10-14)21-11-20-15/h2-7,10-11H,8-9H2,1H3,(H,19,22)(H,20,21). The monoisotopic (exact) mass is 323 g/mol. The zero-order chi connectivity index (χ0) is 16.9. The molecule has 0 bridgehead atoms. The minimum atomic E-state index is -0.357. The van der Waals surface area contributed by atoms with Crippen LogP contribution in [0.3, 0.4) is 0 Å². The molecule has 0 aliphatic heterocycles. The maximum Gasteiger partial charge on any atom is 0.337 e. The molecule has 0 aliphatic rings. The molecule has 0 radical (unpaired) electrons. The van der Waals surface area contributed by atoms with Gasteiger partial charge in [-0.2, -0.15) is 0 Å². The third kappa shape index (κ3) is 3.43. The Morgan fingerprint density at radius 3 is 2.62 bits per heavy atom. The van der Waals surface area contributed by atoms with Gasteiger partial charge in [-0.1, -0.05) is 12.1 Å². The first kappa shape index (κ1) is 15.7. The van der Waals surface area contributed by atoms with E-state index in [2.05, 4.69) is 20.0 Å². The lowest BCUT2D eigenvalue weighted by Crippen LogP contribution is -2.25. The average Bonchev–Trinajstić information content (AvgIpc) is 3.09. The summed E-state index contributed by atoms with van der Waals surface area (Å²) in [6, 6.07) is 12.5. The van der Waals surface area contributed by atoms with Crippen LogP contribution < -0.4 is 5.32 Å². The van der Waals surface area contributed by atoms with Crippen LogP contribution in [0.5, 0.6) is 0 Å². The number of carbonyl (C=O) groups excluding carboxylic acids is 2. The number of nitrogens with one attached hydrogen (secondary N) is 2. The van der Waals surface area contributed by atoms with E-state index in [-0.39, 0.29) is 11.9 Å². The highest BCUT2D eigenvalue weighted by atomic mass is 16.5. The molecule has 2 aromatic carbocycles. The first-order chi connectivity index (χ1) is 11.7. The van der Waals surface area contributed by atoms with Crippen LogP contribution in [0.1, 0.15) is 26.3 Å². The van der Waals surface area contributed by atoms with Gasteiger partial charge in [-0.25, -0.2) is 9.78 Å². The largest absolute Gasteiger partial charge is 0.465 e. The summed E-state index contributed by atoms with van der Waals surface area (Å²) in [6.07, 6.45) is 2.28. The summed E-state index contributed by atoms with van der Waals surface area (Å²) < 4.78 is 4.66. The van der Waals surface area contributed by atoms with Crippen molar-refractivity contribution >= 4 is 22.9 Å².